The molecule has 0 heterocycles. The molecule has 0 aliphatic heterocycles. The SMILES string of the molecule is Nc1cc(I)ccc1Oc1cc(Br)ccc1Cl. The Labute approximate surface area is 126 Å². The van der Waals surface area contributed by atoms with Crippen molar-refractivity contribution in [1.82, 2.24) is 0 Å². The number of nitrogens with two attached hydrogens (primary N) is 1. The van der Waals surface area contributed by atoms with Gasteiger partial charge < -0.3 is 10.5 Å². The summed E-state index contributed by atoms with van der Waals surface area (Å²) in [7, 11) is 0. The lowest BCUT2D eigenvalue weighted by molar-refractivity contribution is 0.485. The first-order chi connectivity index (χ1) is 8.06. The van der Waals surface area contributed by atoms with Crippen molar-refractivity contribution in [2.24, 2.45) is 0 Å². The van der Waals surface area contributed by atoms with Gasteiger partial charge in [0.05, 0.1) is 10.7 Å². The van der Waals surface area contributed by atoms with E-state index in [-0.39, 0.29) is 0 Å². The third-order valence-electron chi connectivity index (χ3n) is 2.08. The summed E-state index contributed by atoms with van der Waals surface area (Å²) in [4.78, 5) is 0. The van der Waals surface area contributed by atoms with Crippen molar-refractivity contribution in [1.29, 1.82) is 0 Å². The van der Waals surface area contributed by atoms with Gasteiger partial charge in [-0.1, -0.05) is 27.5 Å². The minimum absolute atomic E-state index is 0.547. The predicted octanol–water partition coefficient (Wildman–Crippen LogP) is 5.08. The van der Waals surface area contributed by atoms with Gasteiger partial charge >= 0.3 is 0 Å². The van der Waals surface area contributed by atoms with E-state index >= 15 is 0 Å². The van der Waals surface area contributed by atoms with Gasteiger partial charge in [-0.15, -0.1) is 0 Å². The number of benzene rings is 2. The molecule has 17 heavy (non-hydrogen) atoms. The Kier molecular flexibility index (Phi) is 4.17. The van der Waals surface area contributed by atoms with Crippen LogP contribution in [0.1, 0.15) is 0 Å². The van der Waals surface area contributed by atoms with Crippen LogP contribution in [0, 0.1) is 3.57 Å². The molecule has 0 aliphatic rings. The van der Waals surface area contributed by atoms with E-state index in [1.807, 2.05) is 24.3 Å². The van der Waals surface area contributed by atoms with Crippen LogP contribution in [0.25, 0.3) is 0 Å². The lowest BCUT2D eigenvalue weighted by Crippen LogP contribution is -1.93. The average molecular weight is 424 g/mol. The summed E-state index contributed by atoms with van der Waals surface area (Å²) in [6, 6.07) is 11.0. The molecular weight excluding hydrogens is 416 g/mol. The first-order valence-electron chi connectivity index (χ1n) is 4.74. The highest BCUT2D eigenvalue weighted by Crippen LogP contribution is 2.34. The Bertz CT molecular complexity index is 562. The molecule has 2 aromatic carbocycles. The first-order valence-corrected chi connectivity index (χ1v) is 6.99. The van der Waals surface area contributed by atoms with Crippen LogP contribution in [0.5, 0.6) is 11.5 Å². The number of halogens is 3. The predicted molar refractivity (Wildman–Crippen MR) is 82.8 cm³/mol. The largest absolute Gasteiger partial charge is 0.454 e. The van der Waals surface area contributed by atoms with Crippen molar-refractivity contribution in [3.8, 4) is 11.5 Å². The van der Waals surface area contributed by atoms with Crippen LogP contribution in [0.3, 0.4) is 0 Å². The van der Waals surface area contributed by atoms with Crippen molar-refractivity contribution in [2.75, 3.05) is 5.73 Å². The first kappa shape index (κ1) is 13.0. The minimum atomic E-state index is 0.547. The highest BCUT2D eigenvalue weighted by Gasteiger charge is 2.06. The third-order valence-corrected chi connectivity index (χ3v) is 3.56. The van der Waals surface area contributed by atoms with Crippen LogP contribution in [0.15, 0.2) is 40.9 Å². The van der Waals surface area contributed by atoms with E-state index in [9.17, 15) is 0 Å². The van der Waals surface area contributed by atoms with Gasteiger partial charge in [-0.25, -0.2) is 0 Å². The van der Waals surface area contributed by atoms with Gasteiger partial charge in [-0.2, -0.15) is 0 Å². The fraction of sp³-hybridized carbons (Fsp3) is 0. The van der Waals surface area contributed by atoms with Crippen molar-refractivity contribution < 1.29 is 4.74 Å². The number of hydrogen-bond acceptors (Lipinski definition) is 2. The molecule has 88 valence electrons. The summed E-state index contributed by atoms with van der Waals surface area (Å²) in [5, 5.41) is 0.547. The maximum Gasteiger partial charge on any atom is 0.150 e. The molecule has 0 saturated heterocycles. The van der Waals surface area contributed by atoms with E-state index in [1.165, 1.54) is 0 Å². The van der Waals surface area contributed by atoms with Gasteiger partial charge in [0.25, 0.3) is 0 Å². The van der Waals surface area contributed by atoms with Crippen LogP contribution in [-0.2, 0) is 0 Å². The highest BCUT2D eigenvalue weighted by molar-refractivity contribution is 14.1. The standard InChI is InChI=1S/C12H8BrClINO/c13-7-1-3-9(14)12(5-7)17-11-4-2-8(15)6-10(11)16/h1-6H,16H2. The molecule has 0 amide bonds. The Balaban J connectivity index is 2.34. The number of anilines is 1. The summed E-state index contributed by atoms with van der Waals surface area (Å²) in [6.45, 7) is 0. The van der Waals surface area contributed by atoms with Gasteiger partial charge in [0.1, 0.15) is 11.5 Å². The van der Waals surface area contributed by atoms with Crippen LogP contribution < -0.4 is 10.5 Å². The number of nitrogen functional groups attached to an aromatic ring is 1. The van der Waals surface area contributed by atoms with Gasteiger partial charge in [-0.05, 0) is 59.0 Å². The van der Waals surface area contributed by atoms with Gasteiger partial charge in [0.2, 0.25) is 0 Å². The molecule has 0 bridgehead atoms. The summed E-state index contributed by atoms with van der Waals surface area (Å²) in [6.07, 6.45) is 0. The second-order valence-electron chi connectivity index (χ2n) is 3.36. The summed E-state index contributed by atoms with van der Waals surface area (Å²) >= 11 is 11.6. The van der Waals surface area contributed by atoms with Crippen molar-refractivity contribution in [2.45, 2.75) is 0 Å². The second kappa shape index (κ2) is 5.46. The maximum absolute atomic E-state index is 6.04. The smallest absolute Gasteiger partial charge is 0.150 e. The van der Waals surface area contributed by atoms with E-state index in [0.29, 0.717) is 22.2 Å². The summed E-state index contributed by atoms with van der Waals surface area (Å²) in [5.74, 6) is 1.18. The van der Waals surface area contributed by atoms with Crippen molar-refractivity contribution in [3.05, 3.63) is 49.5 Å². The van der Waals surface area contributed by atoms with Crippen LogP contribution in [-0.4, -0.2) is 0 Å². The lowest BCUT2D eigenvalue weighted by atomic mass is 10.3. The quantitative estimate of drug-likeness (QED) is 0.539. The summed E-state index contributed by atoms with van der Waals surface area (Å²) < 4.78 is 7.65. The molecular formula is C12H8BrClINO. The van der Waals surface area contributed by atoms with E-state index in [4.69, 9.17) is 22.1 Å². The Morgan fingerprint density at radius 3 is 2.59 bits per heavy atom. The van der Waals surface area contributed by atoms with Crippen molar-refractivity contribution >= 4 is 55.8 Å². The topological polar surface area (TPSA) is 35.2 Å². The zero-order valence-electron chi connectivity index (χ0n) is 8.58. The Hall–Kier alpha value is -0.460. The van der Waals surface area contributed by atoms with Crippen LogP contribution >= 0.6 is 50.1 Å². The van der Waals surface area contributed by atoms with Crippen molar-refractivity contribution in [3.63, 3.8) is 0 Å². The van der Waals surface area contributed by atoms with Gasteiger partial charge in [-0.3, -0.25) is 0 Å². The van der Waals surface area contributed by atoms with Crippen LogP contribution in [0.4, 0.5) is 5.69 Å². The molecule has 0 atom stereocenters. The van der Waals surface area contributed by atoms with E-state index in [0.717, 1.165) is 8.04 Å². The number of rotatable bonds is 2. The highest BCUT2D eigenvalue weighted by atomic mass is 127. The second-order valence-corrected chi connectivity index (χ2v) is 5.93. The Morgan fingerprint density at radius 1 is 1.12 bits per heavy atom. The molecule has 0 saturated carbocycles. The molecule has 2 N–H and O–H groups in total. The number of hydrogen-bond donors (Lipinski definition) is 1. The molecule has 2 rings (SSSR count). The lowest BCUT2D eigenvalue weighted by Gasteiger charge is -2.10. The van der Waals surface area contributed by atoms with Crippen LogP contribution in [0.2, 0.25) is 5.02 Å². The van der Waals surface area contributed by atoms with E-state index in [2.05, 4.69) is 38.5 Å². The molecule has 0 aromatic heterocycles. The molecule has 2 nitrogen and oxygen atoms in total. The zero-order valence-corrected chi connectivity index (χ0v) is 13.1. The fourth-order valence-corrected chi connectivity index (χ4v) is 2.30. The zero-order chi connectivity index (χ0) is 12.4. The number of ether oxygens (including phenoxy) is 1. The molecule has 0 fully saturated rings. The molecule has 2 aromatic rings. The van der Waals surface area contributed by atoms with Gasteiger partial charge in [0, 0.05) is 8.04 Å². The molecule has 0 radical (unpaired) electrons. The maximum atomic E-state index is 6.04. The third kappa shape index (κ3) is 3.26. The molecule has 0 spiro atoms. The van der Waals surface area contributed by atoms with E-state index < -0.39 is 0 Å². The molecule has 0 unspecified atom stereocenters. The fourth-order valence-electron chi connectivity index (χ4n) is 1.29. The normalized spacial score (nSPS) is 10.3. The molecule has 0 aliphatic carbocycles. The van der Waals surface area contributed by atoms with E-state index in [1.54, 1.807) is 12.1 Å². The molecule has 5 heteroatoms. The average Bonchev–Trinajstić information content (AvgIpc) is 2.27. The monoisotopic (exact) mass is 423 g/mol. The Morgan fingerprint density at radius 2 is 1.88 bits per heavy atom. The van der Waals surface area contributed by atoms with Gasteiger partial charge in [0.15, 0.2) is 0 Å². The minimum Gasteiger partial charge on any atom is -0.454 e. The summed E-state index contributed by atoms with van der Waals surface area (Å²) in [5.41, 5.74) is 6.46.